The smallest absolute Gasteiger partial charge is 0.246 e. The monoisotopic (exact) mass is 498 g/mol. The minimum atomic E-state index is -3.75. The molecule has 2 aromatic carbocycles. The van der Waals surface area contributed by atoms with Gasteiger partial charge in [-0.05, 0) is 55.0 Å². The Bertz CT molecular complexity index is 1340. The van der Waals surface area contributed by atoms with E-state index in [0.29, 0.717) is 5.56 Å². The highest BCUT2D eigenvalue weighted by Crippen LogP contribution is 2.29. The zero-order valence-electron chi connectivity index (χ0n) is 18.5. The van der Waals surface area contributed by atoms with Crippen LogP contribution in [0.25, 0.3) is 16.5 Å². The van der Waals surface area contributed by atoms with Crippen LogP contribution in [0, 0.1) is 5.82 Å². The number of rotatable bonds is 6. The van der Waals surface area contributed by atoms with E-state index >= 15 is 0 Å². The van der Waals surface area contributed by atoms with Crippen LogP contribution in [0.15, 0.2) is 71.6 Å². The predicted octanol–water partition coefficient (Wildman–Crippen LogP) is 4.30. The predicted molar refractivity (Wildman–Crippen MR) is 131 cm³/mol. The first-order valence-corrected chi connectivity index (χ1v) is 12.9. The molecule has 34 heavy (non-hydrogen) atoms. The molecule has 0 atom stereocenters. The topological polar surface area (TPSA) is 74.8 Å². The van der Waals surface area contributed by atoms with Gasteiger partial charge in [0.1, 0.15) is 5.82 Å². The molecule has 0 spiro atoms. The van der Waals surface area contributed by atoms with Gasteiger partial charge in [-0.1, -0.05) is 24.3 Å². The first-order chi connectivity index (χ1) is 16.2. The molecule has 0 aliphatic carbocycles. The number of carbonyl (C=O) groups is 2. The average Bonchev–Trinajstić information content (AvgIpc) is 3.32. The highest BCUT2D eigenvalue weighted by atomic mass is 32.2. The summed E-state index contributed by atoms with van der Waals surface area (Å²) in [5.41, 5.74) is 1.25. The third-order valence-corrected chi connectivity index (χ3v) is 8.57. The fourth-order valence-corrected chi connectivity index (χ4v) is 6.03. The Morgan fingerprint density at radius 2 is 1.68 bits per heavy atom. The van der Waals surface area contributed by atoms with Crippen LogP contribution in [0.1, 0.15) is 22.2 Å². The van der Waals surface area contributed by atoms with Crippen LogP contribution >= 0.6 is 11.3 Å². The van der Waals surface area contributed by atoms with Gasteiger partial charge in [-0.25, -0.2) is 12.8 Å². The standard InChI is InChI=1S/C25H23FN2O4S2/c1-18(29)20-3-2-4-23(17-20)34(31,32)28-15-13-27(14-16-28)25(30)12-10-22-9-11-24(33-22)19-5-7-21(26)8-6-19/h2-12,17H,13-16H2,1H3/b12-10-. The van der Waals surface area contributed by atoms with Crippen LogP contribution in [-0.4, -0.2) is 55.5 Å². The molecule has 0 bridgehead atoms. The quantitative estimate of drug-likeness (QED) is 0.375. The summed E-state index contributed by atoms with van der Waals surface area (Å²) in [5.74, 6) is -0.675. The van der Waals surface area contributed by atoms with Gasteiger partial charge in [0.15, 0.2) is 5.78 Å². The number of nitrogens with zero attached hydrogens (tertiary/aromatic N) is 2. The van der Waals surface area contributed by atoms with Gasteiger partial charge in [0.2, 0.25) is 15.9 Å². The number of Topliss-reactive ketones (excluding diaryl/α,β-unsaturated/α-hetero) is 1. The molecule has 0 saturated carbocycles. The molecule has 1 fully saturated rings. The van der Waals surface area contributed by atoms with E-state index in [4.69, 9.17) is 0 Å². The number of sulfonamides is 1. The van der Waals surface area contributed by atoms with Gasteiger partial charge >= 0.3 is 0 Å². The Morgan fingerprint density at radius 1 is 0.971 bits per heavy atom. The zero-order chi connectivity index (χ0) is 24.3. The minimum absolute atomic E-state index is 0.0783. The number of thiophene rings is 1. The van der Waals surface area contributed by atoms with Gasteiger partial charge in [-0.3, -0.25) is 9.59 Å². The van der Waals surface area contributed by atoms with Crippen molar-refractivity contribution in [2.45, 2.75) is 11.8 Å². The molecule has 1 aliphatic rings. The van der Waals surface area contributed by atoms with Crippen LogP contribution in [0.3, 0.4) is 0 Å². The maximum atomic E-state index is 13.1. The molecule has 0 N–H and O–H groups in total. The molecule has 0 unspecified atom stereocenters. The number of piperazine rings is 1. The van der Waals surface area contributed by atoms with Crippen LogP contribution in [0.2, 0.25) is 0 Å². The summed E-state index contributed by atoms with van der Waals surface area (Å²) in [6, 6.07) is 16.1. The molecule has 2 heterocycles. The van der Waals surface area contributed by atoms with Crippen LogP contribution in [-0.2, 0) is 14.8 Å². The van der Waals surface area contributed by atoms with Crippen molar-refractivity contribution in [1.82, 2.24) is 9.21 Å². The fourth-order valence-electron chi connectivity index (χ4n) is 3.64. The van der Waals surface area contributed by atoms with E-state index in [-0.39, 0.29) is 48.6 Å². The third kappa shape index (κ3) is 5.32. The molecule has 4 rings (SSSR count). The van der Waals surface area contributed by atoms with E-state index in [1.54, 1.807) is 35.2 Å². The van der Waals surface area contributed by atoms with Crippen molar-refractivity contribution in [2.75, 3.05) is 26.2 Å². The van der Waals surface area contributed by atoms with Crippen molar-refractivity contribution >= 4 is 39.1 Å². The maximum absolute atomic E-state index is 13.1. The molecule has 6 nitrogen and oxygen atoms in total. The number of halogens is 1. The first-order valence-electron chi connectivity index (χ1n) is 10.7. The molecular formula is C25H23FN2O4S2. The Balaban J connectivity index is 1.36. The Morgan fingerprint density at radius 3 is 2.35 bits per heavy atom. The number of ketones is 1. The largest absolute Gasteiger partial charge is 0.337 e. The molecule has 9 heteroatoms. The van der Waals surface area contributed by atoms with Crippen molar-refractivity contribution in [2.24, 2.45) is 0 Å². The summed E-state index contributed by atoms with van der Waals surface area (Å²) < 4.78 is 40.4. The number of benzene rings is 2. The number of hydrogen-bond donors (Lipinski definition) is 0. The molecule has 1 aromatic heterocycles. The van der Waals surface area contributed by atoms with Gasteiger partial charge in [-0.15, -0.1) is 11.3 Å². The lowest BCUT2D eigenvalue weighted by molar-refractivity contribution is -0.127. The van der Waals surface area contributed by atoms with E-state index in [1.165, 1.54) is 52.9 Å². The summed E-state index contributed by atoms with van der Waals surface area (Å²) in [7, 11) is -3.75. The molecular weight excluding hydrogens is 475 g/mol. The lowest BCUT2D eigenvalue weighted by Gasteiger charge is -2.33. The lowest BCUT2D eigenvalue weighted by atomic mass is 10.2. The number of amides is 1. The highest BCUT2D eigenvalue weighted by Gasteiger charge is 2.29. The summed E-state index contributed by atoms with van der Waals surface area (Å²) >= 11 is 1.49. The third-order valence-electron chi connectivity index (χ3n) is 5.57. The number of carbonyl (C=O) groups excluding carboxylic acids is 2. The van der Waals surface area contributed by atoms with E-state index in [2.05, 4.69) is 0 Å². The second kappa shape index (κ2) is 10.0. The van der Waals surface area contributed by atoms with Gasteiger partial charge in [0.25, 0.3) is 0 Å². The summed E-state index contributed by atoms with van der Waals surface area (Å²) in [4.78, 5) is 27.8. The van der Waals surface area contributed by atoms with Crippen LogP contribution in [0.5, 0.6) is 0 Å². The molecule has 1 saturated heterocycles. The van der Waals surface area contributed by atoms with Crippen molar-refractivity contribution in [3.63, 3.8) is 0 Å². The second-order valence-electron chi connectivity index (χ2n) is 7.86. The fraction of sp³-hybridized carbons (Fsp3) is 0.200. The first kappa shape index (κ1) is 24.0. The van der Waals surface area contributed by atoms with Gasteiger partial charge in [0, 0.05) is 47.6 Å². The van der Waals surface area contributed by atoms with Crippen LogP contribution < -0.4 is 0 Å². The van der Waals surface area contributed by atoms with Gasteiger partial charge in [0.05, 0.1) is 4.90 Å². The van der Waals surface area contributed by atoms with Crippen molar-refractivity contribution in [1.29, 1.82) is 0 Å². The molecule has 1 amide bonds. The minimum Gasteiger partial charge on any atom is -0.337 e. The van der Waals surface area contributed by atoms with E-state index in [9.17, 15) is 22.4 Å². The molecule has 0 radical (unpaired) electrons. The van der Waals surface area contributed by atoms with Gasteiger partial charge < -0.3 is 4.90 Å². The Kier molecular flexibility index (Phi) is 7.06. The normalized spacial score (nSPS) is 15.1. The Labute approximate surface area is 202 Å². The van der Waals surface area contributed by atoms with E-state index in [1.807, 2.05) is 12.1 Å². The summed E-state index contributed by atoms with van der Waals surface area (Å²) in [6.45, 7) is 2.31. The van der Waals surface area contributed by atoms with E-state index < -0.39 is 10.0 Å². The summed E-state index contributed by atoms with van der Waals surface area (Å²) in [6.07, 6.45) is 3.22. The van der Waals surface area contributed by atoms with Crippen molar-refractivity contribution < 1.29 is 22.4 Å². The molecule has 3 aromatic rings. The SMILES string of the molecule is CC(=O)c1cccc(S(=O)(=O)N2CCN(C(=O)/C=C\c3ccc(-c4ccc(F)cc4)s3)CC2)c1. The van der Waals surface area contributed by atoms with Crippen LogP contribution in [0.4, 0.5) is 4.39 Å². The summed E-state index contributed by atoms with van der Waals surface area (Å²) in [5, 5.41) is 0. The van der Waals surface area contributed by atoms with Crippen molar-refractivity contribution in [3.05, 3.63) is 83.0 Å². The number of hydrogen-bond acceptors (Lipinski definition) is 5. The Hall–Kier alpha value is -3.14. The molecule has 176 valence electrons. The van der Waals surface area contributed by atoms with E-state index in [0.717, 1.165) is 15.3 Å². The second-order valence-corrected chi connectivity index (χ2v) is 10.9. The molecule has 1 aliphatic heterocycles. The zero-order valence-corrected chi connectivity index (χ0v) is 20.1. The highest BCUT2D eigenvalue weighted by molar-refractivity contribution is 7.89. The van der Waals surface area contributed by atoms with Crippen molar-refractivity contribution in [3.8, 4) is 10.4 Å². The average molecular weight is 499 g/mol. The maximum Gasteiger partial charge on any atom is 0.246 e. The van der Waals surface area contributed by atoms with Gasteiger partial charge in [-0.2, -0.15) is 4.31 Å². The lowest BCUT2D eigenvalue weighted by Crippen LogP contribution is -2.50.